The van der Waals surface area contributed by atoms with Gasteiger partial charge in [-0.25, -0.2) is 0 Å². The predicted octanol–water partition coefficient (Wildman–Crippen LogP) is 1.52. The summed E-state index contributed by atoms with van der Waals surface area (Å²) in [6.07, 6.45) is 3.05. The van der Waals surface area contributed by atoms with Gasteiger partial charge in [-0.1, -0.05) is 30.3 Å². The highest BCUT2D eigenvalue weighted by molar-refractivity contribution is 5.88. The van der Waals surface area contributed by atoms with Crippen molar-refractivity contribution in [2.75, 3.05) is 38.3 Å². The van der Waals surface area contributed by atoms with Crippen LogP contribution in [-0.2, 0) is 14.9 Å². The molecule has 3 aromatic rings. The number of nitrogens with zero attached hydrogens (tertiary/aromatic N) is 6. The molecule has 0 bridgehead atoms. The van der Waals surface area contributed by atoms with E-state index in [2.05, 4.69) is 32.3 Å². The highest BCUT2D eigenvalue weighted by Gasteiger charge is 2.46. The van der Waals surface area contributed by atoms with E-state index in [1.807, 2.05) is 42.3 Å². The van der Waals surface area contributed by atoms with Crippen LogP contribution in [0.1, 0.15) is 18.4 Å². The van der Waals surface area contributed by atoms with Crippen molar-refractivity contribution in [3.63, 3.8) is 0 Å². The Labute approximate surface area is 169 Å². The summed E-state index contributed by atoms with van der Waals surface area (Å²) in [5.74, 6) is 1.07. The number of fused-ring (bicyclic) bond motifs is 1. The summed E-state index contributed by atoms with van der Waals surface area (Å²) in [5.41, 5.74) is 1.33. The number of aromatic nitrogens is 4. The molecule has 0 atom stereocenters. The lowest BCUT2D eigenvalue weighted by atomic mass is 9.72. The highest BCUT2D eigenvalue weighted by Crippen LogP contribution is 2.37. The van der Waals surface area contributed by atoms with Crippen LogP contribution < -0.4 is 4.90 Å². The van der Waals surface area contributed by atoms with Gasteiger partial charge in [0.2, 0.25) is 5.91 Å². The summed E-state index contributed by atoms with van der Waals surface area (Å²) in [5, 5.41) is 12.4. The van der Waals surface area contributed by atoms with Gasteiger partial charge >= 0.3 is 0 Å². The van der Waals surface area contributed by atoms with Gasteiger partial charge in [0.05, 0.1) is 11.5 Å². The second kappa shape index (κ2) is 7.11. The van der Waals surface area contributed by atoms with Crippen LogP contribution in [0.5, 0.6) is 0 Å². The van der Waals surface area contributed by atoms with Crippen LogP contribution in [0.3, 0.4) is 0 Å². The fourth-order valence-electron chi connectivity index (χ4n) is 4.38. The quantitative estimate of drug-likeness (QED) is 0.670. The van der Waals surface area contributed by atoms with Gasteiger partial charge < -0.3 is 14.5 Å². The molecule has 4 heterocycles. The molecule has 8 heteroatoms. The first-order valence-corrected chi connectivity index (χ1v) is 10.00. The SMILES string of the molecule is CN(C(=O)C1(c2ccccc2)CCOCC1)C1CN(c2ccc3nncn3n2)C1. The lowest BCUT2D eigenvalue weighted by Crippen LogP contribution is -2.63. The lowest BCUT2D eigenvalue weighted by Gasteiger charge is -2.48. The Kier molecular flexibility index (Phi) is 4.43. The third-order valence-corrected chi connectivity index (χ3v) is 6.28. The first-order chi connectivity index (χ1) is 14.2. The standard InChI is InChI=1S/C21H24N6O2/c1-25(17-13-26(14-17)19-8-7-18-23-22-15-27(18)24-19)20(28)21(9-11-29-12-10-21)16-5-3-2-4-6-16/h2-8,15,17H,9-14H2,1H3. The Hall–Kier alpha value is -3.00. The number of amides is 1. The highest BCUT2D eigenvalue weighted by atomic mass is 16.5. The molecule has 2 fully saturated rings. The van der Waals surface area contributed by atoms with Crippen molar-refractivity contribution in [3.05, 3.63) is 54.4 Å². The van der Waals surface area contributed by atoms with Crippen molar-refractivity contribution in [1.82, 2.24) is 24.7 Å². The maximum atomic E-state index is 13.7. The van der Waals surface area contributed by atoms with E-state index >= 15 is 0 Å². The van der Waals surface area contributed by atoms with Crippen LogP contribution in [0, 0.1) is 0 Å². The molecule has 2 aliphatic heterocycles. The van der Waals surface area contributed by atoms with Crippen molar-refractivity contribution in [2.24, 2.45) is 0 Å². The van der Waals surface area contributed by atoms with E-state index in [1.54, 1.807) is 10.8 Å². The minimum atomic E-state index is -0.492. The summed E-state index contributed by atoms with van der Waals surface area (Å²) in [4.78, 5) is 17.8. The van der Waals surface area contributed by atoms with Crippen LogP contribution in [0.25, 0.3) is 5.65 Å². The fourth-order valence-corrected chi connectivity index (χ4v) is 4.38. The third kappa shape index (κ3) is 3.04. The number of rotatable bonds is 4. The van der Waals surface area contributed by atoms with E-state index in [-0.39, 0.29) is 11.9 Å². The third-order valence-electron chi connectivity index (χ3n) is 6.28. The van der Waals surface area contributed by atoms with Crippen LogP contribution in [-0.4, -0.2) is 70.0 Å². The van der Waals surface area contributed by atoms with Gasteiger partial charge in [-0.3, -0.25) is 4.79 Å². The Balaban J connectivity index is 1.32. The maximum Gasteiger partial charge on any atom is 0.233 e. The molecule has 2 saturated heterocycles. The number of hydrogen-bond donors (Lipinski definition) is 0. The molecule has 2 aromatic heterocycles. The molecule has 1 amide bonds. The summed E-state index contributed by atoms with van der Waals surface area (Å²) in [7, 11) is 1.93. The zero-order valence-corrected chi connectivity index (χ0v) is 16.4. The first kappa shape index (κ1) is 18.1. The molecule has 0 saturated carbocycles. The zero-order valence-electron chi connectivity index (χ0n) is 16.4. The predicted molar refractivity (Wildman–Crippen MR) is 108 cm³/mol. The molecule has 0 unspecified atom stereocenters. The van der Waals surface area contributed by atoms with E-state index in [0.29, 0.717) is 13.2 Å². The van der Waals surface area contributed by atoms with E-state index in [9.17, 15) is 4.79 Å². The molecule has 0 aliphatic carbocycles. The second-order valence-corrected chi connectivity index (χ2v) is 7.86. The number of carbonyl (C=O) groups is 1. The molecular formula is C21H24N6O2. The van der Waals surface area contributed by atoms with Gasteiger partial charge in [0.25, 0.3) is 0 Å². The summed E-state index contributed by atoms with van der Waals surface area (Å²) in [6.45, 7) is 2.77. The minimum Gasteiger partial charge on any atom is -0.381 e. The maximum absolute atomic E-state index is 13.7. The summed E-state index contributed by atoms with van der Waals surface area (Å²) >= 11 is 0. The van der Waals surface area contributed by atoms with Crippen LogP contribution in [0.4, 0.5) is 5.82 Å². The van der Waals surface area contributed by atoms with Crippen LogP contribution in [0.2, 0.25) is 0 Å². The number of anilines is 1. The molecule has 150 valence electrons. The smallest absolute Gasteiger partial charge is 0.233 e. The molecule has 29 heavy (non-hydrogen) atoms. The Bertz CT molecular complexity index is 1010. The largest absolute Gasteiger partial charge is 0.381 e. The molecule has 2 aliphatic rings. The van der Waals surface area contributed by atoms with E-state index in [4.69, 9.17) is 4.74 Å². The summed E-state index contributed by atoms with van der Waals surface area (Å²) < 4.78 is 7.25. The number of benzene rings is 1. The first-order valence-electron chi connectivity index (χ1n) is 10.00. The van der Waals surface area contributed by atoms with Gasteiger partial charge in [0.1, 0.15) is 12.1 Å². The molecule has 8 nitrogen and oxygen atoms in total. The van der Waals surface area contributed by atoms with Crippen LogP contribution in [0.15, 0.2) is 48.8 Å². The van der Waals surface area contributed by atoms with Gasteiger partial charge in [0, 0.05) is 33.4 Å². The second-order valence-electron chi connectivity index (χ2n) is 7.86. The lowest BCUT2D eigenvalue weighted by molar-refractivity contribution is -0.142. The van der Waals surface area contributed by atoms with Gasteiger partial charge in [-0.2, -0.15) is 4.52 Å². The number of likely N-dealkylation sites (N-methyl/N-ethyl adjacent to an activating group) is 1. The molecule has 1 aromatic carbocycles. The zero-order chi connectivity index (χ0) is 19.8. The number of ether oxygens (including phenoxy) is 1. The average molecular weight is 392 g/mol. The van der Waals surface area contributed by atoms with Gasteiger partial charge in [-0.05, 0) is 30.5 Å². The Morgan fingerprint density at radius 2 is 1.90 bits per heavy atom. The minimum absolute atomic E-state index is 0.171. The fraction of sp³-hybridized carbons (Fsp3) is 0.429. The van der Waals surface area contributed by atoms with Crippen molar-refractivity contribution in [2.45, 2.75) is 24.3 Å². The molecule has 0 radical (unpaired) electrons. The summed E-state index contributed by atoms with van der Waals surface area (Å²) in [6, 6.07) is 14.2. The van der Waals surface area contributed by atoms with Gasteiger partial charge in [-0.15, -0.1) is 15.3 Å². The van der Waals surface area contributed by atoms with Crippen molar-refractivity contribution in [3.8, 4) is 0 Å². The molecule has 0 N–H and O–H groups in total. The molecule has 0 spiro atoms. The van der Waals surface area contributed by atoms with E-state index in [1.165, 1.54) is 0 Å². The van der Waals surface area contributed by atoms with Crippen molar-refractivity contribution in [1.29, 1.82) is 0 Å². The van der Waals surface area contributed by atoms with Gasteiger partial charge in [0.15, 0.2) is 5.65 Å². The topological polar surface area (TPSA) is 75.9 Å². The molecular weight excluding hydrogens is 368 g/mol. The normalized spacial score (nSPS) is 19.1. The number of carbonyl (C=O) groups excluding carboxylic acids is 1. The Morgan fingerprint density at radius 3 is 2.66 bits per heavy atom. The number of hydrogen-bond acceptors (Lipinski definition) is 6. The molecule has 5 rings (SSSR count). The van der Waals surface area contributed by atoms with Crippen molar-refractivity contribution < 1.29 is 9.53 Å². The monoisotopic (exact) mass is 392 g/mol. The average Bonchev–Trinajstić information content (AvgIpc) is 3.21. The van der Waals surface area contributed by atoms with E-state index < -0.39 is 5.41 Å². The van der Waals surface area contributed by atoms with E-state index in [0.717, 1.165) is 43.0 Å². The Morgan fingerprint density at radius 1 is 1.14 bits per heavy atom. The van der Waals surface area contributed by atoms with Crippen LogP contribution >= 0.6 is 0 Å². The van der Waals surface area contributed by atoms with Crippen molar-refractivity contribution >= 4 is 17.4 Å².